The lowest BCUT2D eigenvalue weighted by Crippen LogP contribution is -2.21. The fourth-order valence-electron chi connectivity index (χ4n) is 2.18. The minimum Gasteiger partial charge on any atom is -0.334 e. The van der Waals surface area contributed by atoms with Crippen molar-refractivity contribution in [1.29, 1.82) is 5.26 Å². The Labute approximate surface area is 126 Å². The van der Waals surface area contributed by atoms with Gasteiger partial charge in [-0.2, -0.15) is 10.2 Å². The van der Waals surface area contributed by atoms with E-state index < -0.39 is 0 Å². The number of hydrogen-bond donors (Lipinski definition) is 0. The third-order valence-electron chi connectivity index (χ3n) is 3.26. The topological polar surface area (TPSA) is 84.7 Å². The molecule has 0 unspecified atom stereocenters. The summed E-state index contributed by atoms with van der Waals surface area (Å²) in [6.45, 7) is 2.00. The second-order valence-electron chi connectivity index (χ2n) is 4.77. The van der Waals surface area contributed by atoms with Crippen molar-refractivity contribution in [2.75, 3.05) is 0 Å². The van der Waals surface area contributed by atoms with Crippen LogP contribution in [0.3, 0.4) is 0 Å². The van der Waals surface area contributed by atoms with Gasteiger partial charge in [0.05, 0.1) is 18.2 Å². The molecule has 0 aliphatic rings. The van der Waals surface area contributed by atoms with Crippen LogP contribution in [-0.4, -0.2) is 14.7 Å². The summed E-state index contributed by atoms with van der Waals surface area (Å²) >= 11 is 0. The second kappa shape index (κ2) is 5.66. The molecule has 0 saturated heterocycles. The number of aromatic nitrogens is 3. The van der Waals surface area contributed by atoms with Crippen molar-refractivity contribution < 1.29 is 4.52 Å². The molecule has 0 atom stereocenters. The van der Waals surface area contributed by atoms with E-state index in [4.69, 9.17) is 9.78 Å². The van der Waals surface area contributed by atoms with Crippen LogP contribution in [0.5, 0.6) is 0 Å². The molecule has 0 aliphatic heterocycles. The molecular weight excluding hydrogens is 280 g/mol. The third-order valence-corrected chi connectivity index (χ3v) is 3.26. The van der Waals surface area contributed by atoms with Gasteiger partial charge in [0.1, 0.15) is 5.56 Å². The van der Waals surface area contributed by atoms with Crippen molar-refractivity contribution in [3.63, 3.8) is 0 Å². The molecule has 108 valence electrons. The Morgan fingerprint density at radius 3 is 2.82 bits per heavy atom. The summed E-state index contributed by atoms with van der Waals surface area (Å²) in [6, 6.07) is 12.7. The Bertz CT molecular complexity index is 918. The van der Waals surface area contributed by atoms with E-state index in [2.05, 4.69) is 16.2 Å². The predicted octanol–water partition coefficient (Wildman–Crippen LogP) is 2.13. The maximum Gasteiger partial charge on any atom is 0.263 e. The molecule has 0 amide bonds. The molecule has 0 radical (unpaired) electrons. The summed E-state index contributed by atoms with van der Waals surface area (Å²) in [7, 11) is 0. The number of nitrogens with zero attached hydrogens (tertiary/aromatic N) is 4. The van der Waals surface area contributed by atoms with Crippen LogP contribution in [0.1, 0.15) is 17.0 Å². The molecule has 1 aromatic carbocycles. The first-order chi connectivity index (χ1) is 10.7. The SMILES string of the molecule is Cc1noc(-c2cccn(Cc3ccccc3C#N)c2=O)n1. The smallest absolute Gasteiger partial charge is 0.263 e. The number of nitriles is 1. The Balaban J connectivity index is 2.03. The van der Waals surface area contributed by atoms with Crippen molar-refractivity contribution in [3.05, 3.63) is 69.9 Å². The van der Waals surface area contributed by atoms with Gasteiger partial charge in [-0.3, -0.25) is 4.79 Å². The van der Waals surface area contributed by atoms with Gasteiger partial charge in [0.15, 0.2) is 5.82 Å². The Morgan fingerprint density at radius 2 is 2.09 bits per heavy atom. The summed E-state index contributed by atoms with van der Waals surface area (Å²) in [5.74, 6) is 0.671. The molecule has 0 N–H and O–H groups in total. The number of benzene rings is 1. The van der Waals surface area contributed by atoms with E-state index in [9.17, 15) is 4.79 Å². The zero-order valence-corrected chi connectivity index (χ0v) is 11.9. The van der Waals surface area contributed by atoms with E-state index >= 15 is 0 Å². The van der Waals surface area contributed by atoms with E-state index in [0.717, 1.165) is 5.56 Å². The van der Waals surface area contributed by atoms with Crippen LogP contribution < -0.4 is 5.56 Å². The Morgan fingerprint density at radius 1 is 1.27 bits per heavy atom. The fourth-order valence-corrected chi connectivity index (χ4v) is 2.18. The van der Waals surface area contributed by atoms with Crippen LogP contribution >= 0.6 is 0 Å². The van der Waals surface area contributed by atoms with Crippen LogP contribution in [0.2, 0.25) is 0 Å². The lowest BCUT2D eigenvalue weighted by atomic mass is 10.1. The third kappa shape index (κ3) is 2.52. The van der Waals surface area contributed by atoms with Crippen LogP contribution in [0, 0.1) is 18.3 Å². The number of pyridine rings is 1. The van der Waals surface area contributed by atoms with Gasteiger partial charge in [-0.05, 0) is 30.7 Å². The van der Waals surface area contributed by atoms with Gasteiger partial charge in [-0.15, -0.1) is 0 Å². The normalized spacial score (nSPS) is 10.4. The average molecular weight is 292 g/mol. The van der Waals surface area contributed by atoms with Crippen LogP contribution in [0.4, 0.5) is 0 Å². The van der Waals surface area contributed by atoms with Gasteiger partial charge < -0.3 is 9.09 Å². The highest BCUT2D eigenvalue weighted by Crippen LogP contribution is 2.13. The van der Waals surface area contributed by atoms with E-state index in [1.54, 1.807) is 37.4 Å². The summed E-state index contributed by atoms with van der Waals surface area (Å²) in [5, 5.41) is 12.8. The fraction of sp³-hybridized carbons (Fsp3) is 0.125. The van der Waals surface area contributed by atoms with Crippen LogP contribution in [-0.2, 0) is 6.54 Å². The highest BCUT2D eigenvalue weighted by Gasteiger charge is 2.13. The zero-order chi connectivity index (χ0) is 15.5. The number of aryl methyl sites for hydroxylation is 1. The highest BCUT2D eigenvalue weighted by molar-refractivity contribution is 5.50. The minimum atomic E-state index is -0.237. The van der Waals surface area contributed by atoms with E-state index in [1.807, 2.05) is 12.1 Å². The van der Waals surface area contributed by atoms with Crippen molar-refractivity contribution in [3.8, 4) is 17.5 Å². The standard InChI is InChI=1S/C16H12N4O2/c1-11-18-15(22-19-11)14-7-4-8-20(16(14)21)10-13-6-3-2-5-12(13)9-17/h2-8H,10H2,1H3. The summed E-state index contributed by atoms with van der Waals surface area (Å²) in [4.78, 5) is 16.6. The summed E-state index contributed by atoms with van der Waals surface area (Å²) < 4.78 is 6.57. The monoisotopic (exact) mass is 292 g/mol. The molecule has 0 aliphatic carbocycles. The molecule has 0 bridgehead atoms. The van der Waals surface area contributed by atoms with Gasteiger partial charge in [-0.1, -0.05) is 23.4 Å². The van der Waals surface area contributed by atoms with Gasteiger partial charge in [-0.25, -0.2) is 0 Å². The van der Waals surface area contributed by atoms with Crippen molar-refractivity contribution in [2.45, 2.75) is 13.5 Å². The Hall–Kier alpha value is -3.20. The molecule has 3 rings (SSSR count). The highest BCUT2D eigenvalue weighted by atomic mass is 16.5. The van der Waals surface area contributed by atoms with Gasteiger partial charge in [0.2, 0.25) is 0 Å². The maximum atomic E-state index is 12.5. The first-order valence-electron chi connectivity index (χ1n) is 6.67. The van der Waals surface area contributed by atoms with Gasteiger partial charge in [0, 0.05) is 6.20 Å². The first kappa shape index (κ1) is 13.8. The molecule has 6 nitrogen and oxygen atoms in total. The number of rotatable bonds is 3. The zero-order valence-electron chi connectivity index (χ0n) is 11.9. The molecule has 6 heteroatoms. The molecule has 3 aromatic rings. The van der Waals surface area contributed by atoms with E-state index in [1.165, 1.54) is 4.57 Å². The Kier molecular flexibility index (Phi) is 3.54. The van der Waals surface area contributed by atoms with Gasteiger partial charge in [0.25, 0.3) is 11.4 Å². The second-order valence-corrected chi connectivity index (χ2v) is 4.77. The molecule has 22 heavy (non-hydrogen) atoms. The largest absolute Gasteiger partial charge is 0.334 e. The van der Waals surface area contributed by atoms with Crippen molar-refractivity contribution >= 4 is 0 Å². The molecule has 2 heterocycles. The van der Waals surface area contributed by atoms with E-state index in [-0.39, 0.29) is 11.4 Å². The lowest BCUT2D eigenvalue weighted by molar-refractivity contribution is 0.425. The molecule has 0 spiro atoms. The summed E-state index contributed by atoms with van der Waals surface area (Å²) in [5.41, 5.74) is 1.44. The molecule has 2 aromatic heterocycles. The first-order valence-corrected chi connectivity index (χ1v) is 6.67. The van der Waals surface area contributed by atoms with E-state index in [0.29, 0.717) is 23.5 Å². The lowest BCUT2D eigenvalue weighted by Gasteiger charge is -2.08. The van der Waals surface area contributed by atoms with Crippen LogP contribution in [0.15, 0.2) is 51.9 Å². The van der Waals surface area contributed by atoms with Gasteiger partial charge >= 0.3 is 0 Å². The number of hydrogen-bond acceptors (Lipinski definition) is 5. The maximum absolute atomic E-state index is 12.5. The van der Waals surface area contributed by atoms with Crippen molar-refractivity contribution in [1.82, 2.24) is 14.7 Å². The minimum absolute atomic E-state index is 0.199. The molecule has 0 fully saturated rings. The average Bonchev–Trinajstić information content (AvgIpc) is 2.96. The van der Waals surface area contributed by atoms with Crippen molar-refractivity contribution in [2.24, 2.45) is 0 Å². The molecule has 0 saturated carbocycles. The quantitative estimate of drug-likeness (QED) is 0.738. The molecular formula is C16H12N4O2. The summed E-state index contributed by atoms with van der Waals surface area (Å²) in [6.07, 6.45) is 1.67. The predicted molar refractivity (Wildman–Crippen MR) is 79.0 cm³/mol. The van der Waals surface area contributed by atoms with Crippen LogP contribution in [0.25, 0.3) is 11.5 Å².